The summed E-state index contributed by atoms with van der Waals surface area (Å²) >= 11 is 0. The molecule has 3 N–H and O–H groups in total. The summed E-state index contributed by atoms with van der Waals surface area (Å²) in [6, 6.07) is 4.20. The number of hydrogen-bond acceptors (Lipinski definition) is 3. The fourth-order valence-electron chi connectivity index (χ4n) is 2.36. The van der Waals surface area contributed by atoms with E-state index in [9.17, 15) is 0 Å². The van der Waals surface area contributed by atoms with Crippen LogP contribution in [0.15, 0.2) is 12.1 Å². The van der Waals surface area contributed by atoms with E-state index in [0.29, 0.717) is 5.41 Å². The Labute approximate surface area is 110 Å². The largest absolute Gasteiger partial charge is 0.496 e. The molecule has 1 saturated carbocycles. The van der Waals surface area contributed by atoms with E-state index in [2.05, 4.69) is 31.3 Å². The topological polar surface area (TPSA) is 47.3 Å². The van der Waals surface area contributed by atoms with Crippen molar-refractivity contribution in [1.29, 1.82) is 0 Å². The van der Waals surface area contributed by atoms with Crippen LogP contribution in [0.4, 0.5) is 0 Å². The van der Waals surface area contributed by atoms with Crippen molar-refractivity contribution in [2.45, 2.75) is 33.2 Å². The van der Waals surface area contributed by atoms with Gasteiger partial charge in [0.1, 0.15) is 5.75 Å². The minimum absolute atomic E-state index is 0.398. The van der Waals surface area contributed by atoms with Gasteiger partial charge in [-0.3, -0.25) is 0 Å². The van der Waals surface area contributed by atoms with Crippen LogP contribution in [0.25, 0.3) is 0 Å². The zero-order valence-electron chi connectivity index (χ0n) is 11.7. The minimum atomic E-state index is 0.398. The van der Waals surface area contributed by atoms with Crippen LogP contribution in [0.1, 0.15) is 29.5 Å². The summed E-state index contributed by atoms with van der Waals surface area (Å²) in [5.74, 6) is 0.969. The second kappa shape index (κ2) is 5.29. The molecule has 100 valence electrons. The van der Waals surface area contributed by atoms with Crippen molar-refractivity contribution < 1.29 is 4.74 Å². The Morgan fingerprint density at radius 1 is 1.28 bits per heavy atom. The van der Waals surface area contributed by atoms with Crippen LogP contribution >= 0.6 is 0 Å². The van der Waals surface area contributed by atoms with E-state index in [1.165, 1.54) is 29.5 Å². The molecule has 0 atom stereocenters. The third-order valence-corrected chi connectivity index (χ3v) is 4.28. The minimum Gasteiger partial charge on any atom is -0.496 e. The van der Waals surface area contributed by atoms with Gasteiger partial charge < -0.3 is 15.8 Å². The van der Waals surface area contributed by atoms with Gasteiger partial charge in [-0.2, -0.15) is 0 Å². The number of nitrogens with two attached hydrogens (primary N) is 1. The van der Waals surface area contributed by atoms with E-state index in [-0.39, 0.29) is 0 Å². The highest BCUT2D eigenvalue weighted by atomic mass is 16.5. The molecule has 2 rings (SSSR count). The lowest BCUT2D eigenvalue weighted by Gasteiger charge is -2.16. The number of rotatable bonds is 6. The number of methoxy groups -OCH3 is 1. The molecule has 1 aromatic rings. The summed E-state index contributed by atoms with van der Waals surface area (Å²) in [4.78, 5) is 0. The van der Waals surface area contributed by atoms with Gasteiger partial charge in [0.25, 0.3) is 0 Å². The number of benzene rings is 1. The van der Waals surface area contributed by atoms with Crippen LogP contribution in [0.2, 0.25) is 0 Å². The van der Waals surface area contributed by atoms with Gasteiger partial charge in [0.2, 0.25) is 0 Å². The van der Waals surface area contributed by atoms with Crippen molar-refractivity contribution in [3.63, 3.8) is 0 Å². The Morgan fingerprint density at radius 3 is 2.56 bits per heavy atom. The molecule has 0 radical (unpaired) electrons. The number of ether oxygens (including phenoxy) is 1. The third kappa shape index (κ3) is 2.68. The first-order chi connectivity index (χ1) is 8.62. The highest BCUT2D eigenvalue weighted by molar-refractivity contribution is 5.43. The highest BCUT2D eigenvalue weighted by Gasteiger charge is 2.40. The van der Waals surface area contributed by atoms with Crippen molar-refractivity contribution >= 4 is 0 Å². The first-order valence-electron chi connectivity index (χ1n) is 6.66. The van der Waals surface area contributed by atoms with Crippen molar-refractivity contribution in [3.05, 3.63) is 28.8 Å². The van der Waals surface area contributed by atoms with Crippen LogP contribution in [-0.2, 0) is 6.54 Å². The van der Waals surface area contributed by atoms with Gasteiger partial charge in [0.15, 0.2) is 0 Å². The molecule has 0 aromatic heterocycles. The second-order valence-corrected chi connectivity index (χ2v) is 5.48. The molecule has 1 aliphatic rings. The quantitative estimate of drug-likeness (QED) is 0.811. The van der Waals surface area contributed by atoms with Crippen molar-refractivity contribution in [2.75, 3.05) is 20.2 Å². The summed E-state index contributed by atoms with van der Waals surface area (Å²) in [5.41, 5.74) is 10.1. The molecule has 1 aromatic carbocycles. The normalized spacial score (nSPS) is 16.7. The molecule has 3 heteroatoms. The van der Waals surface area contributed by atoms with Gasteiger partial charge in [0.05, 0.1) is 7.11 Å². The van der Waals surface area contributed by atoms with Gasteiger partial charge >= 0.3 is 0 Å². The monoisotopic (exact) mass is 248 g/mol. The Kier molecular flexibility index (Phi) is 3.93. The summed E-state index contributed by atoms with van der Waals surface area (Å²) in [7, 11) is 1.72. The maximum Gasteiger partial charge on any atom is 0.122 e. The van der Waals surface area contributed by atoms with Crippen LogP contribution in [0.5, 0.6) is 5.75 Å². The molecule has 1 fully saturated rings. The number of hydrogen-bond donors (Lipinski definition) is 2. The van der Waals surface area contributed by atoms with Gasteiger partial charge in [0, 0.05) is 13.1 Å². The van der Waals surface area contributed by atoms with Crippen LogP contribution in [-0.4, -0.2) is 20.2 Å². The van der Waals surface area contributed by atoms with E-state index in [1.54, 1.807) is 7.11 Å². The summed E-state index contributed by atoms with van der Waals surface area (Å²) in [6.45, 7) is 7.03. The molecule has 0 saturated heterocycles. The molecule has 0 amide bonds. The van der Waals surface area contributed by atoms with Crippen molar-refractivity contribution in [2.24, 2.45) is 11.1 Å². The zero-order chi connectivity index (χ0) is 13.2. The second-order valence-electron chi connectivity index (χ2n) is 5.48. The Hall–Kier alpha value is -1.06. The molecule has 0 unspecified atom stereocenters. The Balaban J connectivity index is 1.95. The number of nitrogens with one attached hydrogen (secondary N) is 1. The fourth-order valence-corrected chi connectivity index (χ4v) is 2.36. The molecule has 0 aliphatic heterocycles. The Bertz CT molecular complexity index is 425. The van der Waals surface area contributed by atoms with E-state index in [0.717, 1.165) is 25.4 Å². The summed E-state index contributed by atoms with van der Waals surface area (Å²) < 4.78 is 5.33. The molecule has 18 heavy (non-hydrogen) atoms. The lowest BCUT2D eigenvalue weighted by molar-refractivity contribution is 0.411. The average Bonchev–Trinajstić information content (AvgIpc) is 3.15. The molecule has 3 nitrogen and oxygen atoms in total. The Morgan fingerprint density at radius 2 is 2.00 bits per heavy atom. The van der Waals surface area contributed by atoms with Gasteiger partial charge in [-0.15, -0.1) is 0 Å². The summed E-state index contributed by atoms with van der Waals surface area (Å²) in [5, 5.41) is 3.54. The molecular weight excluding hydrogens is 224 g/mol. The predicted molar refractivity (Wildman–Crippen MR) is 74.9 cm³/mol. The van der Waals surface area contributed by atoms with E-state index in [4.69, 9.17) is 10.5 Å². The van der Waals surface area contributed by atoms with Crippen LogP contribution in [0, 0.1) is 19.3 Å². The highest BCUT2D eigenvalue weighted by Crippen LogP contribution is 2.43. The molecule has 0 spiro atoms. The van der Waals surface area contributed by atoms with Gasteiger partial charge in [-0.1, -0.05) is 6.07 Å². The summed E-state index contributed by atoms with van der Waals surface area (Å²) in [6.07, 6.45) is 2.55. The zero-order valence-corrected chi connectivity index (χ0v) is 11.7. The standard InChI is InChI=1S/C15H24N2O/c1-11-12(2)14(18-3)5-4-13(11)8-17-10-15(9-16)6-7-15/h4-5,17H,6-10,16H2,1-3H3. The predicted octanol–water partition coefficient (Wildman–Crippen LogP) is 2.14. The lowest BCUT2D eigenvalue weighted by atomic mass is 10.0. The van der Waals surface area contributed by atoms with Gasteiger partial charge in [-0.05, 0) is 61.4 Å². The van der Waals surface area contributed by atoms with Crippen molar-refractivity contribution in [1.82, 2.24) is 5.32 Å². The van der Waals surface area contributed by atoms with E-state index < -0.39 is 0 Å². The maximum absolute atomic E-state index is 5.78. The van der Waals surface area contributed by atoms with Gasteiger partial charge in [-0.25, -0.2) is 0 Å². The average molecular weight is 248 g/mol. The SMILES string of the molecule is COc1ccc(CNCC2(CN)CC2)c(C)c1C. The lowest BCUT2D eigenvalue weighted by Crippen LogP contribution is -2.29. The fraction of sp³-hybridized carbons (Fsp3) is 0.600. The molecular formula is C15H24N2O. The third-order valence-electron chi connectivity index (χ3n) is 4.28. The first kappa shape index (κ1) is 13.4. The smallest absolute Gasteiger partial charge is 0.122 e. The maximum atomic E-state index is 5.78. The van der Waals surface area contributed by atoms with Crippen molar-refractivity contribution in [3.8, 4) is 5.75 Å². The molecule has 0 bridgehead atoms. The van der Waals surface area contributed by atoms with E-state index >= 15 is 0 Å². The van der Waals surface area contributed by atoms with Crippen LogP contribution < -0.4 is 15.8 Å². The van der Waals surface area contributed by atoms with E-state index in [1.807, 2.05) is 0 Å². The molecule has 1 aliphatic carbocycles. The van der Waals surface area contributed by atoms with Crippen LogP contribution in [0.3, 0.4) is 0 Å². The molecule has 0 heterocycles. The first-order valence-corrected chi connectivity index (χ1v) is 6.66.